The minimum atomic E-state index is -0.253. The van der Waals surface area contributed by atoms with E-state index in [2.05, 4.69) is 30.6 Å². The highest BCUT2D eigenvalue weighted by atomic mass is 32.1. The fourth-order valence-corrected chi connectivity index (χ4v) is 4.06. The number of carbonyl (C=O) groups excluding carboxylic acids is 1. The van der Waals surface area contributed by atoms with Crippen LogP contribution in [0.4, 0.5) is 4.39 Å². The first-order valence-electron chi connectivity index (χ1n) is 8.38. The topological polar surface area (TPSA) is 32.3 Å². The number of fused-ring (bicyclic) bond motifs is 1. The lowest BCUT2D eigenvalue weighted by molar-refractivity contribution is -0.132. The van der Waals surface area contributed by atoms with Crippen LogP contribution in [-0.4, -0.2) is 30.4 Å². The van der Waals surface area contributed by atoms with Gasteiger partial charge in [0.2, 0.25) is 5.91 Å². The van der Waals surface area contributed by atoms with Crippen molar-refractivity contribution in [1.29, 1.82) is 0 Å². The van der Waals surface area contributed by atoms with Gasteiger partial charge in [-0.15, -0.1) is 11.3 Å². The predicted molar refractivity (Wildman–Crippen MR) is 95.7 cm³/mol. The van der Waals surface area contributed by atoms with E-state index in [9.17, 15) is 9.18 Å². The molecule has 3 nitrogen and oxygen atoms in total. The van der Waals surface area contributed by atoms with Gasteiger partial charge in [-0.1, -0.05) is 26.0 Å². The van der Waals surface area contributed by atoms with Crippen LogP contribution in [0.2, 0.25) is 0 Å². The van der Waals surface area contributed by atoms with E-state index in [1.165, 1.54) is 22.6 Å². The van der Waals surface area contributed by atoms with E-state index in [0.29, 0.717) is 19.0 Å². The highest BCUT2D eigenvalue weighted by Crippen LogP contribution is 2.37. The Balaban J connectivity index is 1.84. The molecule has 1 aliphatic heterocycles. The number of hydrogen-bond acceptors (Lipinski definition) is 3. The number of hydrogen-bond donors (Lipinski definition) is 1. The Kier molecular flexibility index (Phi) is 5.31. The standard InChI is InChI=1S/C19H23FN2OS/c1-13(2)11-21-12-18(23)22-9-7-17-16(8-10-24-17)19(22)14-3-5-15(20)6-4-14/h3-6,8,10,13,19,21H,7,9,11-12H2,1-2H3. The van der Waals surface area contributed by atoms with Crippen molar-refractivity contribution in [2.45, 2.75) is 26.3 Å². The van der Waals surface area contributed by atoms with Crippen LogP contribution in [-0.2, 0) is 11.2 Å². The zero-order valence-electron chi connectivity index (χ0n) is 14.1. The summed E-state index contributed by atoms with van der Waals surface area (Å²) >= 11 is 1.73. The van der Waals surface area contributed by atoms with Gasteiger partial charge < -0.3 is 10.2 Å². The summed E-state index contributed by atoms with van der Waals surface area (Å²) in [6.45, 7) is 6.12. The van der Waals surface area contributed by atoms with E-state index >= 15 is 0 Å². The Morgan fingerprint density at radius 2 is 2.08 bits per heavy atom. The maximum atomic E-state index is 13.3. The first-order valence-corrected chi connectivity index (χ1v) is 9.26. The second-order valence-corrected chi connectivity index (χ2v) is 7.62. The maximum Gasteiger partial charge on any atom is 0.237 e. The van der Waals surface area contributed by atoms with Crippen molar-refractivity contribution < 1.29 is 9.18 Å². The highest BCUT2D eigenvalue weighted by Gasteiger charge is 2.32. The second kappa shape index (κ2) is 7.45. The Labute approximate surface area is 146 Å². The molecule has 0 fully saturated rings. The lowest BCUT2D eigenvalue weighted by atomic mass is 9.93. The molecule has 1 aromatic heterocycles. The molecule has 2 heterocycles. The van der Waals surface area contributed by atoms with E-state index in [1.54, 1.807) is 23.5 Å². The monoisotopic (exact) mass is 346 g/mol. The third-order valence-corrected chi connectivity index (χ3v) is 5.30. The molecule has 0 aliphatic carbocycles. The smallest absolute Gasteiger partial charge is 0.237 e. The Hall–Kier alpha value is -1.72. The SMILES string of the molecule is CC(C)CNCC(=O)N1CCc2sccc2C1c1ccc(F)cc1. The summed E-state index contributed by atoms with van der Waals surface area (Å²) in [7, 11) is 0. The average Bonchev–Trinajstić information content (AvgIpc) is 3.03. The van der Waals surface area contributed by atoms with E-state index in [1.807, 2.05) is 4.90 Å². The summed E-state index contributed by atoms with van der Waals surface area (Å²) < 4.78 is 13.3. The molecule has 128 valence electrons. The molecule has 1 N–H and O–H groups in total. The highest BCUT2D eigenvalue weighted by molar-refractivity contribution is 7.10. The molecule has 0 saturated carbocycles. The van der Waals surface area contributed by atoms with Gasteiger partial charge in [-0.2, -0.15) is 0 Å². The third kappa shape index (κ3) is 3.68. The van der Waals surface area contributed by atoms with Gasteiger partial charge in [-0.05, 0) is 53.6 Å². The Morgan fingerprint density at radius 1 is 1.33 bits per heavy atom. The lowest BCUT2D eigenvalue weighted by Gasteiger charge is -2.36. The number of halogens is 1. The van der Waals surface area contributed by atoms with Crippen molar-refractivity contribution in [3.63, 3.8) is 0 Å². The van der Waals surface area contributed by atoms with Gasteiger partial charge in [0.25, 0.3) is 0 Å². The average molecular weight is 346 g/mol. The Morgan fingerprint density at radius 3 is 2.79 bits per heavy atom. The first-order chi connectivity index (χ1) is 11.6. The van der Waals surface area contributed by atoms with Gasteiger partial charge in [-0.3, -0.25) is 4.79 Å². The molecule has 5 heteroatoms. The summed E-state index contributed by atoms with van der Waals surface area (Å²) in [6.07, 6.45) is 0.889. The van der Waals surface area contributed by atoms with Crippen molar-refractivity contribution in [2.75, 3.05) is 19.6 Å². The van der Waals surface area contributed by atoms with Gasteiger partial charge >= 0.3 is 0 Å². The Bertz CT molecular complexity index is 696. The minimum absolute atomic E-state index is 0.0989. The summed E-state index contributed by atoms with van der Waals surface area (Å²) in [6, 6.07) is 8.48. The van der Waals surface area contributed by atoms with Crippen LogP contribution in [0.5, 0.6) is 0 Å². The minimum Gasteiger partial charge on any atom is -0.330 e. The van der Waals surface area contributed by atoms with Crippen LogP contribution < -0.4 is 5.32 Å². The van der Waals surface area contributed by atoms with Crippen LogP contribution in [0.3, 0.4) is 0 Å². The third-order valence-electron chi connectivity index (χ3n) is 4.30. The summed E-state index contributed by atoms with van der Waals surface area (Å²) in [4.78, 5) is 16.0. The van der Waals surface area contributed by atoms with Gasteiger partial charge in [-0.25, -0.2) is 4.39 Å². The molecular formula is C19H23FN2OS. The number of rotatable bonds is 5. The van der Waals surface area contributed by atoms with Crippen molar-refractivity contribution in [3.8, 4) is 0 Å². The number of thiophene rings is 1. The molecule has 1 aliphatic rings. The van der Waals surface area contributed by atoms with E-state index < -0.39 is 0 Å². The molecule has 0 radical (unpaired) electrons. The molecule has 0 spiro atoms. The molecule has 24 heavy (non-hydrogen) atoms. The maximum absolute atomic E-state index is 13.3. The van der Waals surface area contributed by atoms with Crippen LogP contribution in [0.1, 0.15) is 35.9 Å². The zero-order valence-corrected chi connectivity index (χ0v) is 14.9. The molecule has 0 saturated heterocycles. The molecule has 1 amide bonds. The van der Waals surface area contributed by atoms with Crippen molar-refractivity contribution >= 4 is 17.2 Å². The van der Waals surface area contributed by atoms with Crippen LogP contribution in [0, 0.1) is 11.7 Å². The number of benzene rings is 1. The van der Waals surface area contributed by atoms with E-state index in [-0.39, 0.29) is 17.8 Å². The predicted octanol–water partition coefficient (Wildman–Crippen LogP) is 3.61. The normalized spacial score (nSPS) is 17.2. The van der Waals surface area contributed by atoms with Crippen LogP contribution in [0.25, 0.3) is 0 Å². The summed E-state index contributed by atoms with van der Waals surface area (Å²) in [5.41, 5.74) is 2.14. The molecule has 3 rings (SSSR count). The van der Waals surface area contributed by atoms with Gasteiger partial charge in [0, 0.05) is 11.4 Å². The van der Waals surface area contributed by atoms with E-state index in [0.717, 1.165) is 18.5 Å². The summed E-state index contributed by atoms with van der Waals surface area (Å²) in [5, 5.41) is 5.31. The summed E-state index contributed by atoms with van der Waals surface area (Å²) in [5.74, 6) is 0.355. The van der Waals surface area contributed by atoms with Gasteiger partial charge in [0.15, 0.2) is 0 Å². The first kappa shape index (κ1) is 17.1. The largest absolute Gasteiger partial charge is 0.330 e. The molecule has 1 atom stereocenters. The number of amides is 1. The molecular weight excluding hydrogens is 323 g/mol. The van der Waals surface area contributed by atoms with Crippen LogP contribution in [0.15, 0.2) is 35.7 Å². The van der Waals surface area contributed by atoms with Crippen molar-refractivity contribution in [1.82, 2.24) is 10.2 Å². The van der Waals surface area contributed by atoms with Crippen LogP contribution >= 0.6 is 11.3 Å². The lowest BCUT2D eigenvalue weighted by Crippen LogP contribution is -2.44. The molecule has 0 bridgehead atoms. The zero-order chi connectivity index (χ0) is 17.1. The molecule has 1 unspecified atom stereocenters. The number of nitrogens with zero attached hydrogens (tertiary/aromatic N) is 1. The van der Waals surface area contributed by atoms with Gasteiger partial charge in [0.05, 0.1) is 12.6 Å². The second-order valence-electron chi connectivity index (χ2n) is 6.62. The molecule has 2 aromatic rings. The van der Waals surface area contributed by atoms with Gasteiger partial charge in [0.1, 0.15) is 5.82 Å². The fourth-order valence-electron chi connectivity index (χ4n) is 3.16. The molecule has 1 aromatic carbocycles. The van der Waals surface area contributed by atoms with Crippen molar-refractivity contribution in [3.05, 3.63) is 57.5 Å². The number of carbonyl (C=O) groups is 1. The van der Waals surface area contributed by atoms with E-state index in [4.69, 9.17) is 0 Å². The fraction of sp³-hybridized carbons (Fsp3) is 0.421. The quantitative estimate of drug-likeness (QED) is 0.897. The number of nitrogens with one attached hydrogen (secondary N) is 1. The van der Waals surface area contributed by atoms with Crippen molar-refractivity contribution in [2.24, 2.45) is 5.92 Å².